The van der Waals surface area contributed by atoms with Crippen LogP contribution in [0.2, 0.25) is 0 Å². The van der Waals surface area contributed by atoms with Crippen LogP contribution >= 0.6 is 23.5 Å². The number of hydrogen-bond donors (Lipinski definition) is 0. The largest absolute Gasteiger partial charge is 0.473 e. The highest BCUT2D eigenvalue weighted by Crippen LogP contribution is 2.28. The minimum absolute atomic E-state index is 0.424. The van der Waals surface area contributed by atoms with Crippen molar-refractivity contribution in [3.05, 3.63) is 23.5 Å². The molecule has 14 heteroatoms. The van der Waals surface area contributed by atoms with E-state index in [1.54, 1.807) is 0 Å². The van der Waals surface area contributed by atoms with E-state index in [0.29, 0.717) is 77.8 Å². The SMILES string of the molecule is CN1CCC=C(c2nsnc2OCCOCCOCCOCCOCCOc2nsnc2C2=CCCN(C)C2)C1. The summed E-state index contributed by atoms with van der Waals surface area (Å²) >= 11 is 2.35. The van der Waals surface area contributed by atoms with E-state index in [2.05, 4.69) is 53.5 Å². The van der Waals surface area contributed by atoms with Crippen molar-refractivity contribution in [1.29, 1.82) is 0 Å². The lowest BCUT2D eigenvalue weighted by Crippen LogP contribution is -2.25. The zero-order valence-corrected chi connectivity index (χ0v) is 25.1. The molecule has 0 fully saturated rings. The topological polar surface area (TPSA) is 113 Å². The average Bonchev–Trinajstić information content (AvgIpc) is 3.63. The molecule has 2 aliphatic heterocycles. The Morgan fingerprint density at radius 1 is 0.575 bits per heavy atom. The standard InChI is InChI=1S/C26H40N6O6S2/c1-31-7-3-5-21(19-31)23-25(29-39-27-23)37-17-15-35-13-11-33-9-10-34-12-14-36-16-18-38-26-24(28-40-30-26)22-6-4-8-32(2)20-22/h5-6H,3-4,7-20H2,1-2H3. The van der Waals surface area contributed by atoms with Gasteiger partial charge in [0.1, 0.15) is 24.6 Å². The van der Waals surface area contributed by atoms with Crippen LogP contribution in [0.5, 0.6) is 11.8 Å². The average molecular weight is 597 g/mol. The van der Waals surface area contributed by atoms with Gasteiger partial charge < -0.3 is 38.2 Å². The van der Waals surface area contributed by atoms with Crippen LogP contribution in [0.25, 0.3) is 11.1 Å². The van der Waals surface area contributed by atoms with E-state index in [1.165, 1.54) is 34.6 Å². The lowest BCUT2D eigenvalue weighted by molar-refractivity contribution is -0.00718. The molecule has 0 N–H and O–H groups in total. The van der Waals surface area contributed by atoms with Gasteiger partial charge in [-0.3, -0.25) is 0 Å². The zero-order valence-electron chi connectivity index (χ0n) is 23.4. The molecule has 2 aliphatic rings. The van der Waals surface area contributed by atoms with E-state index in [-0.39, 0.29) is 0 Å². The molecule has 4 rings (SSSR count). The molecule has 0 saturated carbocycles. The molecule has 222 valence electrons. The Balaban J connectivity index is 0.926. The summed E-state index contributed by atoms with van der Waals surface area (Å²) in [4.78, 5) is 4.54. The van der Waals surface area contributed by atoms with Gasteiger partial charge in [-0.15, -0.1) is 8.75 Å². The van der Waals surface area contributed by atoms with Crippen molar-refractivity contribution >= 4 is 34.6 Å². The van der Waals surface area contributed by atoms with E-state index < -0.39 is 0 Å². The predicted octanol–water partition coefficient (Wildman–Crippen LogP) is 2.35. The van der Waals surface area contributed by atoms with Crippen molar-refractivity contribution in [3.8, 4) is 11.8 Å². The van der Waals surface area contributed by atoms with E-state index in [0.717, 1.165) is 50.4 Å². The molecular weight excluding hydrogens is 556 g/mol. The number of ether oxygens (including phenoxy) is 6. The fourth-order valence-corrected chi connectivity index (χ4v) is 5.29. The Bertz CT molecular complexity index is 982. The molecule has 0 aliphatic carbocycles. The van der Waals surface area contributed by atoms with Crippen LogP contribution in [0.3, 0.4) is 0 Å². The summed E-state index contributed by atoms with van der Waals surface area (Å²) in [7, 11) is 4.21. The maximum Gasteiger partial charge on any atom is 0.253 e. The Kier molecular flexibility index (Phi) is 13.7. The Morgan fingerprint density at radius 3 is 1.32 bits per heavy atom. The summed E-state index contributed by atoms with van der Waals surface area (Å²) in [5.74, 6) is 1.18. The van der Waals surface area contributed by atoms with E-state index in [9.17, 15) is 0 Å². The normalized spacial score (nSPS) is 16.6. The zero-order chi connectivity index (χ0) is 27.8. The van der Waals surface area contributed by atoms with Crippen LogP contribution < -0.4 is 9.47 Å². The molecular formula is C26H40N6O6S2. The summed E-state index contributed by atoms with van der Waals surface area (Å²) in [5.41, 5.74) is 4.05. The van der Waals surface area contributed by atoms with Crippen molar-refractivity contribution in [3.63, 3.8) is 0 Å². The highest BCUT2D eigenvalue weighted by molar-refractivity contribution is 6.99. The van der Waals surface area contributed by atoms with Crippen molar-refractivity contribution in [1.82, 2.24) is 27.3 Å². The first-order valence-corrected chi connectivity index (χ1v) is 15.1. The molecule has 40 heavy (non-hydrogen) atoms. The van der Waals surface area contributed by atoms with Gasteiger partial charge in [0.15, 0.2) is 0 Å². The maximum atomic E-state index is 5.79. The summed E-state index contributed by atoms with van der Waals surface area (Å²) in [6.45, 7) is 8.64. The van der Waals surface area contributed by atoms with Crippen LogP contribution in [0.15, 0.2) is 12.2 Å². The van der Waals surface area contributed by atoms with Crippen LogP contribution in [0.1, 0.15) is 24.2 Å². The van der Waals surface area contributed by atoms with Crippen LogP contribution in [0, 0.1) is 0 Å². The van der Waals surface area contributed by atoms with Gasteiger partial charge in [-0.25, -0.2) is 0 Å². The number of nitrogens with zero attached hydrogens (tertiary/aromatic N) is 6. The molecule has 0 bridgehead atoms. The van der Waals surface area contributed by atoms with E-state index in [4.69, 9.17) is 28.4 Å². The lowest BCUT2D eigenvalue weighted by Gasteiger charge is -2.22. The maximum absolute atomic E-state index is 5.79. The highest BCUT2D eigenvalue weighted by Gasteiger charge is 2.19. The first kappa shape index (κ1) is 30.9. The summed E-state index contributed by atoms with van der Waals surface area (Å²) < 4.78 is 51.2. The first-order chi connectivity index (χ1) is 19.7. The molecule has 0 atom stereocenters. The summed E-state index contributed by atoms with van der Waals surface area (Å²) in [6, 6.07) is 0. The Hall–Kier alpha value is -2.04. The summed E-state index contributed by atoms with van der Waals surface area (Å²) in [6.07, 6.45) is 6.47. The summed E-state index contributed by atoms with van der Waals surface area (Å²) in [5, 5.41) is 0. The highest BCUT2D eigenvalue weighted by atomic mass is 32.1. The lowest BCUT2D eigenvalue weighted by atomic mass is 10.1. The Morgan fingerprint density at radius 2 is 0.950 bits per heavy atom. The molecule has 0 spiro atoms. The molecule has 4 heterocycles. The molecule has 0 radical (unpaired) electrons. The van der Waals surface area contributed by atoms with Gasteiger partial charge in [-0.2, -0.15) is 8.75 Å². The van der Waals surface area contributed by atoms with Gasteiger partial charge in [-0.05, 0) is 38.1 Å². The van der Waals surface area contributed by atoms with Gasteiger partial charge in [0.2, 0.25) is 0 Å². The predicted molar refractivity (Wildman–Crippen MR) is 154 cm³/mol. The fourth-order valence-electron chi connectivity index (χ4n) is 4.23. The molecule has 0 aromatic carbocycles. The third-order valence-corrected chi connectivity index (χ3v) is 7.28. The smallest absolute Gasteiger partial charge is 0.253 e. The van der Waals surface area contributed by atoms with Gasteiger partial charge in [0.25, 0.3) is 11.8 Å². The van der Waals surface area contributed by atoms with Crippen molar-refractivity contribution in [2.24, 2.45) is 0 Å². The third kappa shape index (κ3) is 10.4. The number of hydrogen-bond acceptors (Lipinski definition) is 14. The minimum atomic E-state index is 0.424. The number of likely N-dealkylation sites (N-methyl/N-ethyl adjacent to an activating group) is 2. The van der Waals surface area contributed by atoms with Gasteiger partial charge in [0, 0.05) is 26.2 Å². The molecule has 2 aromatic rings. The third-order valence-electron chi connectivity index (χ3n) is 6.26. The van der Waals surface area contributed by atoms with Crippen LogP contribution in [-0.2, 0) is 18.9 Å². The van der Waals surface area contributed by atoms with E-state index >= 15 is 0 Å². The molecule has 12 nitrogen and oxygen atoms in total. The molecule has 2 aromatic heterocycles. The molecule has 0 amide bonds. The second kappa shape index (κ2) is 17.7. The van der Waals surface area contributed by atoms with E-state index in [1.807, 2.05) is 0 Å². The molecule has 0 unspecified atom stereocenters. The number of aromatic nitrogens is 4. The van der Waals surface area contributed by atoms with Gasteiger partial charge >= 0.3 is 0 Å². The fraction of sp³-hybridized carbons (Fsp3) is 0.692. The second-order valence-electron chi connectivity index (χ2n) is 9.49. The minimum Gasteiger partial charge on any atom is -0.473 e. The van der Waals surface area contributed by atoms with Gasteiger partial charge in [-0.1, -0.05) is 12.2 Å². The van der Waals surface area contributed by atoms with Crippen molar-refractivity contribution in [2.45, 2.75) is 12.8 Å². The second-order valence-corrected chi connectivity index (χ2v) is 10.6. The van der Waals surface area contributed by atoms with Gasteiger partial charge in [0.05, 0.1) is 76.3 Å². The number of rotatable bonds is 19. The quantitative estimate of drug-likeness (QED) is 0.222. The van der Waals surface area contributed by atoms with Crippen molar-refractivity contribution < 1.29 is 28.4 Å². The Labute approximate surface area is 244 Å². The monoisotopic (exact) mass is 596 g/mol. The first-order valence-electron chi connectivity index (χ1n) is 13.7. The van der Waals surface area contributed by atoms with Crippen molar-refractivity contribution in [2.75, 3.05) is 106 Å². The molecule has 0 saturated heterocycles. The van der Waals surface area contributed by atoms with Crippen LogP contribution in [-0.4, -0.2) is 134 Å². The van der Waals surface area contributed by atoms with Crippen LogP contribution in [0.4, 0.5) is 0 Å².